The number of halogens is 1. The average Bonchev–Trinajstić information content (AvgIpc) is 3.69. The molecule has 3 aromatic carbocycles. The molecule has 2 aliphatic heterocycles. The van der Waals surface area contributed by atoms with E-state index in [1.807, 2.05) is 30.3 Å². The van der Waals surface area contributed by atoms with Crippen molar-refractivity contribution in [2.24, 2.45) is 0 Å². The molecule has 288 valence electrons. The molecule has 55 heavy (non-hydrogen) atoms. The number of carbonyl (C=O) groups excluding carboxylic acids is 5. The number of thiophene rings is 1. The maximum atomic E-state index is 14.2. The van der Waals surface area contributed by atoms with Crippen LogP contribution < -0.4 is 26.6 Å². The Hall–Kier alpha value is -5.42. The number of hydrogen-bond acceptors (Lipinski definition) is 9. The summed E-state index contributed by atoms with van der Waals surface area (Å²) in [5.74, 6) is -6.01. The van der Waals surface area contributed by atoms with Crippen molar-refractivity contribution in [3.8, 4) is 0 Å². The van der Waals surface area contributed by atoms with Crippen LogP contribution in [0, 0.1) is 0 Å². The highest BCUT2D eigenvalue weighted by Crippen LogP contribution is 2.17. The number of aliphatic hydroxyl groups excluding tert-OH is 2. The molecule has 5 amide bonds. The largest absolute Gasteiger partial charge is 0.480 e. The number of amides is 5. The smallest absolute Gasteiger partial charge is 0.326 e. The molecule has 0 saturated heterocycles. The molecule has 0 aliphatic carbocycles. The molecular formula is C39H40BrN5O9S. The number of anilines is 1. The lowest BCUT2D eigenvalue weighted by Crippen LogP contribution is -2.59. The summed E-state index contributed by atoms with van der Waals surface area (Å²) in [4.78, 5) is 81.3. The summed E-state index contributed by atoms with van der Waals surface area (Å²) in [6, 6.07) is 20.2. The summed E-state index contributed by atoms with van der Waals surface area (Å²) >= 11 is 4.68. The predicted molar refractivity (Wildman–Crippen MR) is 207 cm³/mol. The molecule has 0 fully saturated rings. The van der Waals surface area contributed by atoms with Crippen molar-refractivity contribution in [3.05, 3.63) is 122 Å². The van der Waals surface area contributed by atoms with Crippen LogP contribution >= 0.6 is 27.3 Å². The Morgan fingerprint density at radius 3 is 1.89 bits per heavy atom. The van der Waals surface area contributed by atoms with E-state index >= 15 is 0 Å². The van der Waals surface area contributed by atoms with Gasteiger partial charge in [-0.1, -0.05) is 76.6 Å². The van der Waals surface area contributed by atoms with Crippen LogP contribution in [-0.2, 0) is 54.5 Å². The Morgan fingerprint density at radius 2 is 1.25 bits per heavy atom. The molecule has 4 aromatic rings. The lowest BCUT2D eigenvalue weighted by Gasteiger charge is -2.27. The molecule has 1 aromatic heterocycles. The van der Waals surface area contributed by atoms with Crippen molar-refractivity contribution in [2.45, 2.75) is 68.5 Å². The Morgan fingerprint density at radius 1 is 0.655 bits per heavy atom. The number of hydrogen-bond donors (Lipinski definition) is 8. The third-order valence-electron chi connectivity index (χ3n) is 8.91. The minimum absolute atomic E-state index is 0.0490. The molecule has 6 atom stereocenters. The second-order valence-corrected chi connectivity index (χ2v) is 14.9. The Balaban J connectivity index is 1.52. The fourth-order valence-electron chi connectivity index (χ4n) is 5.87. The van der Waals surface area contributed by atoms with Gasteiger partial charge >= 0.3 is 5.97 Å². The first kappa shape index (κ1) is 40.8. The third-order valence-corrected chi connectivity index (χ3v) is 10.3. The molecule has 8 N–H and O–H groups in total. The summed E-state index contributed by atoms with van der Waals surface area (Å²) in [5, 5.41) is 46.0. The van der Waals surface area contributed by atoms with Crippen LogP contribution in [0.25, 0.3) is 0 Å². The maximum Gasteiger partial charge on any atom is 0.326 e. The van der Waals surface area contributed by atoms with Crippen LogP contribution in [0.4, 0.5) is 5.69 Å². The van der Waals surface area contributed by atoms with Crippen LogP contribution in [0.1, 0.15) is 28.0 Å². The number of aliphatic hydroxyl groups is 2. The van der Waals surface area contributed by atoms with Crippen molar-refractivity contribution >= 4 is 68.5 Å². The van der Waals surface area contributed by atoms with Crippen molar-refractivity contribution in [1.29, 1.82) is 0 Å². The van der Waals surface area contributed by atoms with Gasteiger partial charge < -0.3 is 41.9 Å². The molecule has 6 rings (SSSR count). The van der Waals surface area contributed by atoms with Crippen LogP contribution in [0.5, 0.6) is 0 Å². The Bertz CT molecular complexity index is 1960. The van der Waals surface area contributed by atoms with E-state index in [1.165, 1.54) is 35.6 Å². The van der Waals surface area contributed by atoms with Gasteiger partial charge in [-0.15, -0.1) is 11.3 Å². The number of benzene rings is 3. The SMILES string of the molecule is O=C1N[C@H](CCc2ccccc2)C(=O)N[C@@H](C(=O)O)Cc2ccc(cc2)NC(=O)[C@H](O)[C@@H](O)C(=O)N[C@H](Cc2cccs2)C(=O)N[C@H]1Cc1ccc(Br)cc1. The summed E-state index contributed by atoms with van der Waals surface area (Å²) in [6.07, 6.45) is -4.38. The van der Waals surface area contributed by atoms with Gasteiger partial charge in [0, 0.05) is 34.3 Å². The highest BCUT2D eigenvalue weighted by Gasteiger charge is 2.35. The van der Waals surface area contributed by atoms with Crippen LogP contribution in [0.15, 0.2) is 101 Å². The molecule has 0 radical (unpaired) electrons. The Labute approximate surface area is 328 Å². The number of nitrogens with one attached hydrogen (secondary N) is 5. The number of carboxylic acid groups (broad SMARTS) is 1. The molecule has 16 heteroatoms. The summed E-state index contributed by atoms with van der Waals surface area (Å²) in [5.41, 5.74) is 2.14. The van der Waals surface area contributed by atoms with Gasteiger partial charge in [-0.25, -0.2) is 4.79 Å². The number of rotatable bonds is 8. The van der Waals surface area contributed by atoms with E-state index < -0.39 is 71.9 Å². The number of carboxylic acids is 1. The topological polar surface area (TPSA) is 223 Å². The van der Waals surface area contributed by atoms with Gasteiger partial charge in [0.05, 0.1) is 0 Å². The molecule has 2 bridgehead atoms. The van der Waals surface area contributed by atoms with Gasteiger partial charge in [0.2, 0.25) is 17.7 Å². The van der Waals surface area contributed by atoms with Gasteiger partial charge in [0.1, 0.15) is 24.2 Å². The molecular weight excluding hydrogens is 794 g/mol. The van der Waals surface area contributed by atoms with Gasteiger partial charge in [-0.2, -0.15) is 0 Å². The molecule has 0 saturated carbocycles. The lowest BCUT2D eigenvalue weighted by molar-refractivity contribution is -0.145. The fourth-order valence-corrected chi connectivity index (χ4v) is 6.88. The van der Waals surface area contributed by atoms with E-state index in [2.05, 4.69) is 42.5 Å². The monoisotopic (exact) mass is 833 g/mol. The van der Waals surface area contributed by atoms with Crippen molar-refractivity contribution in [3.63, 3.8) is 0 Å². The molecule has 2 aliphatic rings. The van der Waals surface area contributed by atoms with E-state index in [9.17, 15) is 44.1 Å². The van der Waals surface area contributed by atoms with Crippen LogP contribution in [0.2, 0.25) is 0 Å². The van der Waals surface area contributed by atoms with E-state index in [0.29, 0.717) is 22.4 Å². The minimum Gasteiger partial charge on any atom is -0.480 e. The van der Waals surface area contributed by atoms with E-state index in [4.69, 9.17) is 0 Å². The second kappa shape index (κ2) is 19.3. The predicted octanol–water partition coefficient (Wildman–Crippen LogP) is 1.87. The quantitative estimate of drug-likeness (QED) is 0.121. The van der Waals surface area contributed by atoms with E-state index in [1.54, 1.807) is 41.8 Å². The summed E-state index contributed by atoms with van der Waals surface area (Å²) < 4.78 is 0.770. The lowest BCUT2D eigenvalue weighted by atomic mass is 10.0. The zero-order valence-corrected chi connectivity index (χ0v) is 31.7. The van der Waals surface area contributed by atoms with E-state index in [-0.39, 0.29) is 31.4 Å². The van der Waals surface area contributed by atoms with Crippen molar-refractivity contribution in [1.82, 2.24) is 21.3 Å². The number of carbonyl (C=O) groups is 6. The molecule has 0 unspecified atom stereocenters. The van der Waals surface area contributed by atoms with Gasteiger partial charge in [-0.3, -0.25) is 24.0 Å². The van der Waals surface area contributed by atoms with Gasteiger partial charge in [0.15, 0.2) is 12.2 Å². The molecule has 14 nitrogen and oxygen atoms in total. The summed E-state index contributed by atoms with van der Waals surface area (Å²) in [7, 11) is 0. The first-order valence-corrected chi connectivity index (χ1v) is 19.0. The normalized spacial score (nSPS) is 23.0. The summed E-state index contributed by atoms with van der Waals surface area (Å²) in [6.45, 7) is 0. The standard InChI is InChI=1S/C39H40BrN5O9S/c40-25-13-8-23(9-14-25)19-29-35(49)42-28(17-12-22-5-2-1-3-6-22)34(48)45-31(39(53)54)20-24-10-15-26(16-11-24)41-37(51)32(46)33(47)38(52)44-30(36(50)43-29)21-27-7-4-18-55-27/h1-11,13-16,18,28-33,46-47H,12,17,19-21H2,(H,41,51)(H,42,49)(H,43,50)(H,44,52)(H,45,48)(H,53,54)/t28-,29+,30-,31-,32-,33-/m1/s1. The fraction of sp³-hybridized carbons (Fsp3) is 0.282. The minimum atomic E-state index is -2.28. The van der Waals surface area contributed by atoms with Gasteiger partial charge in [-0.05, 0) is 65.2 Å². The molecule has 3 heterocycles. The van der Waals surface area contributed by atoms with Crippen molar-refractivity contribution in [2.75, 3.05) is 5.32 Å². The zero-order valence-electron chi connectivity index (χ0n) is 29.3. The first-order valence-electron chi connectivity index (χ1n) is 17.4. The highest BCUT2D eigenvalue weighted by atomic mass is 79.9. The number of fused-ring (bicyclic) bond motifs is 18. The number of aliphatic carboxylic acids is 1. The first-order chi connectivity index (χ1) is 26.4. The van der Waals surface area contributed by atoms with Crippen LogP contribution in [-0.4, -0.2) is 87.2 Å². The Kier molecular flexibility index (Phi) is 14.3. The average molecular weight is 835 g/mol. The molecule has 0 spiro atoms. The highest BCUT2D eigenvalue weighted by molar-refractivity contribution is 9.10. The van der Waals surface area contributed by atoms with Gasteiger partial charge in [0.25, 0.3) is 11.8 Å². The van der Waals surface area contributed by atoms with E-state index in [0.717, 1.165) is 10.0 Å². The van der Waals surface area contributed by atoms with Crippen LogP contribution in [0.3, 0.4) is 0 Å². The number of aryl methyl sites for hydroxylation is 1. The third kappa shape index (κ3) is 11.8. The second-order valence-electron chi connectivity index (χ2n) is 13.0. The van der Waals surface area contributed by atoms with Crippen molar-refractivity contribution < 1.29 is 44.1 Å². The zero-order chi connectivity index (χ0) is 39.5. The maximum absolute atomic E-state index is 14.2.